The van der Waals surface area contributed by atoms with E-state index < -0.39 is 0 Å². The number of para-hydroxylation sites is 1. The van der Waals surface area contributed by atoms with E-state index in [-0.39, 0.29) is 6.04 Å². The maximum atomic E-state index is 6.08. The lowest BCUT2D eigenvalue weighted by Crippen LogP contribution is -2.29. The van der Waals surface area contributed by atoms with Gasteiger partial charge in [0.05, 0.1) is 11.7 Å². The first-order chi connectivity index (χ1) is 18.1. The summed E-state index contributed by atoms with van der Waals surface area (Å²) < 4.78 is 6.08. The average Bonchev–Trinajstić information content (AvgIpc) is 3.43. The summed E-state index contributed by atoms with van der Waals surface area (Å²) in [4.78, 5) is 4.75. The SMILES string of the molecule is Cc1ccc2c(c1)[C@@H]1C=CC[C@H]1[C@H](c1ccc(N=Cc3ccccc3OCc3ccc(Cl)cc3)cc1)N2. The van der Waals surface area contributed by atoms with E-state index >= 15 is 0 Å². The Labute approximate surface area is 223 Å². The highest BCUT2D eigenvalue weighted by Gasteiger charge is 2.37. The first kappa shape index (κ1) is 23.6. The van der Waals surface area contributed by atoms with E-state index in [2.05, 4.69) is 66.9 Å². The fraction of sp³-hybridized carbons (Fsp3) is 0.182. The van der Waals surface area contributed by atoms with Crippen LogP contribution in [0, 0.1) is 12.8 Å². The fourth-order valence-corrected chi connectivity index (χ4v) is 5.54. The van der Waals surface area contributed by atoms with Gasteiger partial charge in [-0.15, -0.1) is 0 Å². The standard InChI is InChI=1S/C33H29ClN2O/c1-22-9-18-31-30(19-22)28-6-4-7-29(28)33(36-31)24-12-16-27(17-13-24)35-20-25-5-2-3-8-32(25)37-21-23-10-14-26(34)15-11-23/h2-6,8-20,28-29,33,36H,7,21H2,1H3/t28-,29-,33+/m1/s1. The zero-order chi connectivity index (χ0) is 25.2. The molecule has 0 unspecified atom stereocenters. The monoisotopic (exact) mass is 504 g/mol. The summed E-state index contributed by atoms with van der Waals surface area (Å²) in [6.45, 7) is 2.65. The minimum Gasteiger partial charge on any atom is -0.488 e. The molecular weight excluding hydrogens is 476 g/mol. The Bertz CT molecular complexity index is 1460. The molecule has 4 heteroatoms. The van der Waals surface area contributed by atoms with Crippen LogP contribution in [0.4, 0.5) is 11.4 Å². The number of hydrogen-bond donors (Lipinski definition) is 1. The summed E-state index contributed by atoms with van der Waals surface area (Å²) in [6.07, 6.45) is 7.71. The molecule has 6 rings (SSSR count). The largest absolute Gasteiger partial charge is 0.488 e. The molecule has 4 aromatic carbocycles. The summed E-state index contributed by atoms with van der Waals surface area (Å²) in [5.41, 5.74) is 8.23. The molecular formula is C33H29ClN2O. The van der Waals surface area contributed by atoms with Crippen molar-refractivity contribution in [2.45, 2.75) is 31.9 Å². The van der Waals surface area contributed by atoms with E-state index in [1.807, 2.05) is 54.7 Å². The van der Waals surface area contributed by atoms with Crippen LogP contribution in [0.5, 0.6) is 5.75 Å². The van der Waals surface area contributed by atoms with Gasteiger partial charge in [0.15, 0.2) is 0 Å². The zero-order valence-electron chi connectivity index (χ0n) is 20.8. The minimum absolute atomic E-state index is 0.287. The number of nitrogens with one attached hydrogen (secondary N) is 1. The maximum absolute atomic E-state index is 6.08. The van der Waals surface area contributed by atoms with Crippen molar-refractivity contribution >= 4 is 29.2 Å². The number of nitrogens with zero attached hydrogens (tertiary/aromatic N) is 1. The van der Waals surface area contributed by atoms with Crippen molar-refractivity contribution in [3.05, 3.63) is 136 Å². The molecule has 3 atom stereocenters. The number of rotatable bonds is 6. The third kappa shape index (κ3) is 5.05. The molecule has 0 spiro atoms. The van der Waals surface area contributed by atoms with Gasteiger partial charge in [0, 0.05) is 28.4 Å². The van der Waals surface area contributed by atoms with Crippen LogP contribution in [0.2, 0.25) is 5.02 Å². The van der Waals surface area contributed by atoms with Crippen LogP contribution in [-0.4, -0.2) is 6.21 Å². The number of allylic oxidation sites excluding steroid dienone is 2. The second-order valence-electron chi connectivity index (χ2n) is 9.87. The topological polar surface area (TPSA) is 33.6 Å². The Morgan fingerprint density at radius 3 is 2.62 bits per heavy atom. The van der Waals surface area contributed by atoms with Crippen LogP contribution in [0.1, 0.15) is 46.2 Å². The van der Waals surface area contributed by atoms with E-state index in [0.717, 1.165) is 34.0 Å². The van der Waals surface area contributed by atoms with Crippen LogP contribution < -0.4 is 10.1 Å². The van der Waals surface area contributed by atoms with Crippen molar-refractivity contribution in [3.8, 4) is 5.75 Å². The normalized spacial score (nSPS) is 19.9. The molecule has 0 amide bonds. The van der Waals surface area contributed by atoms with Crippen LogP contribution in [0.25, 0.3) is 0 Å². The third-order valence-corrected chi connectivity index (χ3v) is 7.60. The van der Waals surface area contributed by atoms with Gasteiger partial charge in [-0.05, 0) is 78.4 Å². The molecule has 0 aromatic heterocycles. The lowest BCUT2D eigenvalue weighted by molar-refractivity contribution is 0.306. The zero-order valence-corrected chi connectivity index (χ0v) is 21.5. The molecule has 4 aromatic rings. The average molecular weight is 505 g/mol. The molecule has 0 saturated carbocycles. The fourth-order valence-electron chi connectivity index (χ4n) is 5.42. The number of benzene rings is 4. The molecule has 184 valence electrons. The van der Waals surface area contributed by atoms with Crippen molar-refractivity contribution in [1.29, 1.82) is 0 Å². The Morgan fingerprint density at radius 2 is 1.78 bits per heavy atom. The van der Waals surface area contributed by atoms with Gasteiger partial charge in [-0.2, -0.15) is 0 Å². The highest BCUT2D eigenvalue weighted by atomic mass is 35.5. The second kappa shape index (κ2) is 10.3. The minimum atomic E-state index is 0.287. The molecule has 0 bridgehead atoms. The van der Waals surface area contributed by atoms with Crippen molar-refractivity contribution in [1.82, 2.24) is 0 Å². The lowest BCUT2D eigenvalue weighted by Gasteiger charge is -2.37. The lowest BCUT2D eigenvalue weighted by atomic mass is 9.76. The number of hydrogen-bond acceptors (Lipinski definition) is 3. The van der Waals surface area contributed by atoms with Crippen LogP contribution in [0.15, 0.2) is 108 Å². The van der Waals surface area contributed by atoms with E-state index in [0.29, 0.717) is 18.4 Å². The van der Waals surface area contributed by atoms with E-state index in [1.165, 1.54) is 22.4 Å². The van der Waals surface area contributed by atoms with Crippen LogP contribution in [-0.2, 0) is 6.61 Å². The predicted octanol–water partition coefficient (Wildman–Crippen LogP) is 8.80. The highest BCUT2D eigenvalue weighted by molar-refractivity contribution is 6.30. The van der Waals surface area contributed by atoms with Gasteiger partial charge in [0.2, 0.25) is 0 Å². The van der Waals surface area contributed by atoms with E-state index in [9.17, 15) is 0 Å². The number of anilines is 1. The van der Waals surface area contributed by atoms with Gasteiger partial charge in [-0.1, -0.05) is 77.8 Å². The number of aryl methyl sites for hydroxylation is 1. The van der Waals surface area contributed by atoms with Crippen LogP contribution >= 0.6 is 11.6 Å². The Balaban J connectivity index is 1.17. The van der Waals surface area contributed by atoms with Crippen molar-refractivity contribution in [2.75, 3.05) is 5.32 Å². The number of ether oxygens (including phenoxy) is 1. The summed E-state index contributed by atoms with van der Waals surface area (Å²) in [5, 5.41) is 4.55. The molecule has 0 saturated heterocycles. The molecule has 0 fully saturated rings. The van der Waals surface area contributed by atoms with Gasteiger partial charge in [0.25, 0.3) is 0 Å². The van der Waals surface area contributed by atoms with Gasteiger partial charge in [-0.25, -0.2) is 0 Å². The first-order valence-electron chi connectivity index (χ1n) is 12.8. The number of fused-ring (bicyclic) bond motifs is 3. The quantitative estimate of drug-likeness (QED) is 0.210. The molecule has 37 heavy (non-hydrogen) atoms. The summed E-state index contributed by atoms with van der Waals surface area (Å²) in [7, 11) is 0. The number of aliphatic imine (C=N–C) groups is 1. The first-order valence-corrected chi connectivity index (χ1v) is 13.2. The molecule has 0 radical (unpaired) electrons. The van der Waals surface area contributed by atoms with Gasteiger partial charge < -0.3 is 10.1 Å². The van der Waals surface area contributed by atoms with Crippen molar-refractivity contribution in [2.24, 2.45) is 10.9 Å². The van der Waals surface area contributed by atoms with Crippen LogP contribution in [0.3, 0.4) is 0 Å². The predicted molar refractivity (Wildman–Crippen MR) is 153 cm³/mol. The summed E-state index contributed by atoms with van der Waals surface area (Å²) >= 11 is 5.99. The Kier molecular flexibility index (Phi) is 6.55. The van der Waals surface area contributed by atoms with Gasteiger partial charge >= 0.3 is 0 Å². The third-order valence-electron chi connectivity index (χ3n) is 7.35. The molecule has 3 nitrogen and oxygen atoms in total. The van der Waals surface area contributed by atoms with Crippen molar-refractivity contribution < 1.29 is 4.74 Å². The van der Waals surface area contributed by atoms with E-state index in [1.54, 1.807) is 0 Å². The van der Waals surface area contributed by atoms with Gasteiger partial charge in [0.1, 0.15) is 12.4 Å². The summed E-state index contributed by atoms with van der Waals surface area (Å²) in [5.74, 6) is 1.81. The Hall–Kier alpha value is -3.82. The summed E-state index contributed by atoms with van der Waals surface area (Å²) in [6, 6.07) is 31.4. The second-order valence-corrected chi connectivity index (χ2v) is 10.3. The molecule has 2 aliphatic rings. The molecule has 1 N–H and O–H groups in total. The van der Waals surface area contributed by atoms with E-state index in [4.69, 9.17) is 21.3 Å². The number of halogens is 1. The highest BCUT2D eigenvalue weighted by Crippen LogP contribution is 2.50. The molecule has 1 aliphatic heterocycles. The maximum Gasteiger partial charge on any atom is 0.128 e. The molecule has 1 aliphatic carbocycles. The molecule has 1 heterocycles. The Morgan fingerprint density at radius 1 is 0.973 bits per heavy atom. The van der Waals surface area contributed by atoms with Gasteiger partial charge in [-0.3, -0.25) is 4.99 Å². The van der Waals surface area contributed by atoms with Crippen molar-refractivity contribution in [3.63, 3.8) is 0 Å². The smallest absolute Gasteiger partial charge is 0.128 e.